The fourth-order valence-corrected chi connectivity index (χ4v) is 3.36. The highest BCUT2D eigenvalue weighted by atomic mass is 35.5. The Morgan fingerprint density at radius 2 is 1.96 bits per heavy atom. The number of aromatic carboxylic acids is 1. The van der Waals surface area contributed by atoms with Crippen molar-refractivity contribution < 1.29 is 19.1 Å². The van der Waals surface area contributed by atoms with Crippen molar-refractivity contribution in [2.75, 3.05) is 13.1 Å². The Bertz CT molecular complexity index is 829. The smallest absolute Gasteiger partial charge is 0.339 e. The molecule has 0 aliphatic carbocycles. The highest BCUT2D eigenvalue weighted by molar-refractivity contribution is 6.34. The van der Waals surface area contributed by atoms with Crippen LogP contribution in [-0.2, 0) is 0 Å². The predicted octanol–water partition coefficient (Wildman–Crippen LogP) is 3.16. The van der Waals surface area contributed by atoms with E-state index >= 15 is 0 Å². The van der Waals surface area contributed by atoms with Crippen LogP contribution in [-0.4, -0.2) is 44.8 Å². The zero-order valence-electron chi connectivity index (χ0n) is 13.6. The number of halogens is 2. The first-order valence-corrected chi connectivity index (χ1v) is 8.28. The molecule has 3 rings (SSSR count). The van der Waals surface area contributed by atoms with E-state index in [0.29, 0.717) is 31.6 Å². The number of benzene rings is 1. The standard InChI is InChI=1S/C17H17ClFN3O3/c1-10-13(17(24)25)9-20-22(10)11-5-7-21(8-6-11)16(23)12-3-2-4-14(19)15(12)18/h2-4,9,11H,5-8H2,1H3,(H,24,25). The van der Waals surface area contributed by atoms with Gasteiger partial charge in [0.25, 0.3) is 5.91 Å². The van der Waals surface area contributed by atoms with Crippen LogP contribution < -0.4 is 0 Å². The van der Waals surface area contributed by atoms with Crippen molar-refractivity contribution in [1.29, 1.82) is 0 Å². The summed E-state index contributed by atoms with van der Waals surface area (Å²) in [5.41, 5.74) is 0.944. The fourth-order valence-electron chi connectivity index (χ4n) is 3.15. The second-order valence-electron chi connectivity index (χ2n) is 6.02. The predicted molar refractivity (Wildman–Crippen MR) is 89.5 cm³/mol. The number of nitrogens with zero attached hydrogens (tertiary/aromatic N) is 3. The molecule has 1 amide bonds. The first-order chi connectivity index (χ1) is 11.9. The summed E-state index contributed by atoms with van der Waals surface area (Å²) in [5.74, 6) is -1.92. The van der Waals surface area contributed by atoms with Gasteiger partial charge in [-0.25, -0.2) is 9.18 Å². The first kappa shape index (κ1) is 17.4. The van der Waals surface area contributed by atoms with Crippen molar-refractivity contribution in [3.05, 3.63) is 52.1 Å². The molecule has 1 aliphatic heterocycles. The van der Waals surface area contributed by atoms with Crippen LogP contribution in [0.3, 0.4) is 0 Å². The number of carbonyl (C=O) groups is 2. The molecule has 8 heteroatoms. The lowest BCUT2D eigenvalue weighted by atomic mass is 10.0. The Morgan fingerprint density at radius 1 is 1.28 bits per heavy atom. The molecule has 1 aromatic carbocycles. The maximum atomic E-state index is 13.5. The quantitative estimate of drug-likeness (QED) is 0.906. The van der Waals surface area contributed by atoms with E-state index < -0.39 is 11.8 Å². The van der Waals surface area contributed by atoms with Gasteiger partial charge in [-0.15, -0.1) is 0 Å². The number of carboxylic acid groups (broad SMARTS) is 1. The number of aromatic nitrogens is 2. The van der Waals surface area contributed by atoms with E-state index in [9.17, 15) is 14.0 Å². The summed E-state index contributed by atoms with van der Waals surface area (Å²) in [6.07, 6.45) is 2.63. The summed E-state index contributed by atoms with van der Waals surface area (Å²) in [6.45, 7) is 2.66. The number of hydrogen-bond donors (Lipinski definition) is 1. The van der Waals surface area contributed by atoms with E-state index in [-0.39, 0.29) is 28.1 Å². The number of likely N-dealkylation sites (tertiary alicyclic amines) is 1. The molecular weight excluding hydrogens is 349 g/mol. The van der Waals surface area contributed by atoms with Crippen LogP contribution in [0.1, 0.15) is 45.3 Å². The number of piperidine rings is 1. The SMILES string of the molecule is Cc1c(C(=O)O)cnn1C1CCN(C(=O)c2cccc(F)c2Cl)CC1. The maximum Gasteiger partial charge on any atom is 0.339 e. The van der Waals surface area contributed by atoms with E-state index in [1.165, 1.54) is 24.4 Å². The molecular formula is C17H17ClFN3O3. The van der Waals surface area contributed by atoms with Gasteiger partial charge in [-0.3, -0.25) is 9.48 Å². The van der Waals surface area contributed by atoms with Crippen molar-refractivity contribution in [3.8, 4) is 0 Å². The summed E-state index contributed by atoms with van der Waals surface area (Å²) in [4.78, 5) is 25.3. The number of rotatable bonds is 3. The van der Waals surface area contributed by atoms with Gasteiger partial charge in [-0.1, -0.05) is 17.7 Å². The minimum atomic E-state index is -1.00. The Hall–Kier alpha value is -2.41. The molecule has 25 heavy (non-hydrogen) atoms. The van der Waals surface area contributed by atoms with Crippen LogP contribution in [0.2, 0.25) is 5.02 Å². The molecule has 1 fully saturated rings. The normalized spacial score (nSPS) is 15.4. The average molecular weight is 366 g/mol. The molecule has 2 heterocycles. The van der Waals surface area contributed by atoms with Gasteiger partial charge >= 0.3 is 5.97 Å². The topological polar surface area (TPSA) is 75.4 Å². The van der Waals surface area contributed by atoms with Crippen molar-refractivity contribution in [1.82, 2.24) is 14.7 Å². The van der Waals surface area contributed by atoms with Gasteiger partial charge in [-0.05, 0) is 31.9 Å². The van der Waals surface area contributed by atoms with Gasteiger partial charge in [0.1, 0.15) is 11.4 Å². The minimum Gasteiger partial charge on any atom is -0.478 e. The fraction of sp³-hybridized carbons (Fsp3) is 0.353. The average Bonchev–Trinajstić information content (AvgIpc) is 2.98. The van der Waals surface area contributed by atoms with E-state index in [2.05, 4.69) is 5.10 Å². The van der Waals surface area contributed by atoms with Gasteiger partial charge in [-0.2, -0.15) is 5.10 Å². The van der Waals surface area contributed by atoms with Crippen molar-refractivity contribution in [2.45, 2.75) is 25.8 Å². The molecule has 132 valence electrons. The molecule has 0 spiro atoms. The van der Waals surface area contributed by atoms with Gasteiger partial charge in [0, 0.05) is 13.1 Å². The van der Waals surface area contributed by atoms with Crippen LogP contribution in [0, 0.1) is 12.7 Å². The number of carboxylic acids is 1. The Balaban J connectivity index is 1.71. The van der Waals surface area contributed by atoms with E-state index in [4.69, 9.17) is 16.7 Å². The molecule has 6 nitrogen and oxygen atoms in total. The van der Waals surface area contributed by atoms with Crippen molar-refractivity contribution >= 4 is 23.5 Å². The second kappa shape index (κ2) is 6.84. The monoisotopic (exact) mass is 365 g/mol. The van der Waals surface area contributed by atoms with E-state index in [0.717, 1.165) is 0 Å². The van der Waals surface area contributed by atoms with Gasteiger partial charge in [0.15, 0.2) is 0 Å². The second-order valence-corrected chi connectivity index (χ2v) is 6.40. The molecule has 1 aromatic heterocycles. The number of carbonyl (C=O) groups excluding carboxylic acids is 1. The molecule has 0 radical (unpaired) electrons. The Morgan fingerprint density at radius 3 is 2.56 bits per heavy atom. The minimum absolute atomic E-state index is 0.0279. The molecule has 1 N–H and O–H groups in total. The van der Waals surface area contributed by atoms with Crippen LogP contribution in [0.5, 0.6) is 0 Å². The van der Waals surface area contributed by atoms with Crippen LogP contribution in [0.25, 0.3) is 0 Å². The largest absolute Gasteiger partial charge is 0.478 e. The van der Waals surface area contributed by atoms with Crippen LogP contribution in [0.15, 0.2) is 24.4 Å². The number of amides is 1. The summed E-state index contributed by atoms with van der Waals surface area (Å²) in [6, 6.07) is 4.21. The summed E-state index contributed by atoms with van der Waals surface area (Å²) < 4.78 is 15.2. The lowest BCUT2D eigenvalue weighted by molar-refractivity contribution is 0.0688. The Labute approximate surface area is 148 Å². The van der Waals surface area contributed by atoms with Crippen molar-refractivity contribution in [2.24, 2.45) is 0 Å². The van der Waals surface area contributed by atoms with Crippen molar-refractivity contribution in [3.63, 3.8) is 0 Å². The highest BCUT2D eigenvalue weighted by Crippen LogP contribution is 2.27. The highest BCUT2D eigenvalue weighted by Gasteiger charge is 2.28. The van der Waals surface area contributed by atoms with E-state index in [1.807, 2.05) is 0 Å². The third-order valence-electron chi connectivity index (χ3n) is 4.55. The third kappa shape index (κ3) is 3.24. The third-order valence-corrected chi connectivity index (χ3v) is 4.94. The van der Waals surface area contributed by atoms with Crippen LogP contribution >= 0.6 is 11.6 Å². The molecule has 0 saturated carbocycles. The molecule has 1 saturated heterocycles. The first-order valence-electron chi connectivity index (χ1n) is 7.91. The summed E-state index contributed by atoms with van der Waals surface area (Å²) >= 11 is 5.89. The lowest BCUT2D eigenvalue weighted by Gasteiger charge is -2.32. The van der Waals surface area contributed by atoms with Crippen LogP contribution in [0.4, 0.5) is 4.39 Å². The maximum absolute atomic E-state index is 13.5. The van der Waals surface area contributed by atoms with Gasteiger partial charge in [0.05, 0.1) is 28.5 Å². The molecule has 0 atom stereocenters. The lowest BCUT2D eigenvalue weighted by Crippen LogP contribution is -2.39. The zero-order chi connectivity index (χ0) is 18.1. The van der Waals surface area contributed by atoms with E-state index in [1.54, 1.807) is 16.5 Å². The van der Waals surface area contributed by atoms with Gasteiger partial charge < -0.3 is 10.0 Å². The molecule has 1 aliphatic rings. The molecule has 0 unspecified atom stereocenters. The molecule has 0 bridgehead atoms. The Kier molecular flexibility index (Phi) is 4.76. The summed E-state index contributed by atoms with van der Waals surface area (Å²) in [7, 11) is 0. The molecule has 2 aromatic rings. The van der Waals surface area contributed by atoms with Gasteiger partial charge in [0.2, 0.25) is 0 Å². The number of hydrogen-bond acceptors (Lipinski definition) is 3. The summed E-state index contributed by atoms with van der Waals surface area (Å²) in [5, 5.41) is 13.1. The zero-order valence-corrected chi connectivity index (χ0v) is 14.3.